The minimum Gasteiger partial charge on any atom is -0.462 e. The number of carbonyl (C=O) groups is 8. The van der Waals surface area contributed by atoms with Gasteiger partial charge in [-0.05, 0) is 152 Å². The molecule has 0 aromatic heterocycles. The Kier molecular flexibility index (Phi) is 19.7. The fraction of sp³-hybridized carbons (Fsp3) is 0.765. The first-order valence-corrected chi connectivity index (χ1v) is 23.5. The molecule has 2 saturated heterocycles. The third-order valence-corrected chi connectivity index (χ3v) is 10.3. The van der Waals surface area contributed by atoms with Gasteiger partial charge in [0.2, 0.25) is 18.3 Å². The van der Waals surface area contributed by atoms with Gasteiger partial charge in [0.15, 0.2) is 24.5 Å². The summed E-state index contributed by atoms with van der Waals surface area (Å²) in [6.45, 7) is 34.9. The SMILES string of the molecule is CC(C)(C)C(=O)OC[C@H]1OC(OC(=O)C(C)(C)C)[C@H](OC(=O)C(C)(C)C)[C@@H]1OC(=O)C(C)(C)C.CC(C)(C)C(=O)OC[C@H]1O[C@@H](N2C=CCC(C(N)=O)=C2)[C@H](OC(=O)C(C)(C)C)[C@@H]1OC(=O)C(C)(C)C. The highest BCUT2D eigenvalue weighted by Crippen LogP contribution is 2.37. The highest BCUT2D eigenvalue weighted by Gasteiger charge is 2.55. The number of allylic oxidation sites excluding steroid dienone is 1. The lowest BCUT2D eigenvalue weighted by Crippen LogP contribution is -2.47. The molecule has 8 atom stereocenters. The first-order chi connectivity index (χ1) is 31.4. The van der Waals surface area contributed by atoms with Crippen LogP contribution in [0.1, 0.15) is 152 Å². The maximum atomic E-state index is 12.9. The monoisotopic (exact) mass is 995 g/mol. The predicted molar refractivity (Wildman–Crippen MR) is 254 cm³/mol. The zero-order chi connectivity index (χ0) is 54.5. The molecular formula is C51H82N2O17. The Hall–Kier alpha value is -5.04. The first-order valence-electron chi connectivity index (χ1n) is 23.5. The van der Waals surface area contributed by atoms with Crippen LogP contribution in [0.2, 0.25) is 0 Å². The summed E-state index contributed by atoms with van der Waals surface area (Å²) in [6, 6.07) is 0. The average Bonchev–Trinajstić information content (AvgIpc) is 3.68. The van der Waals surface area contributed by atoms with Gasteiger partial charge in [-0.1, -0.05) is 6.08 Å². The Bertz CT molecular complexity index is 1990. The van der Waals surface area contributed by atoms with Crippen LogP contribution in [0, 0.1) is 37.9 Å². The van der Waals surface area contributed by atoms with Gasteiger partial charge in [0.05, 0.1) is 37.9 Å². The molecule has 19 nitrogen and oxygen atoms in total. The van der Waals surface area contributed by atoms with Gasteiger partial charge in [-0.15, -0.1) is 0 Å². The van der Waals surface area contributed by atoms with Gasteiger partial charge >= 0.3 is 41.8 Å². The van der Waals surface area contributed by atoms with E-state index in [1.165, 1.54) is 6.20 Å². The Labute approximate surface area is 414 Å². The Balaban J connectivity index is 0.000000481. The van der Waals surface area contributed by atoms with E-state index < -0.39 is 135 Å². The smallest absolute Gasteiger partial charge is 0.313 e. The summed E-state index contributed by atoms with van der Waals surface area (Å²) in [7, 11) is 0. The third kappa shape index (κ3) is 17.7. The van der Waals surface area contributed by atoms with Gasteiger partial charge in [-0.25, -0.2) is 0 Å². The predicted octanol–water partition coefficient (Wildman–Crippen LogP) is 6.61. The van der Waals surface area contributed by atoms with Crippen molar-refractivity contribution < 1.29 is 81.0 Å². The van der Waals surface area contributed by atoms with Crippen LogP contribution < -0.4 is 5.73 Å². The van der Waals surface area contributed by atoms with Gasteiger partial charge in [0.25, 0.3) is 0 Å². The minimum atomic E-state index is -1.35. The number of hydrogen-bond acceptors (Lipinski definition) is 18. The average molecular weight is 995 g/mol. The van der Waals surface area contributed by atoms with Crippen molar-refractivity contribution in [1.29, 1.82) is 0 Å². The number of nitrogens with two attached hydrogens (primary N) is 1. The molecule has 0 aliphatic carbocycles. The van der Waals surface area contributed by atoms with E-state index in [4.69, 9.17) is 48.4 Å². The van der Waals surface area contributed by atoms with Crippen molar-refractivity contribution in [2.45, 2.75) is 201 Å². The summed E-state index contributed by atoms with van der Waals surface area (Å²) in [6.07, 6.45) is -3.64. The molecule has 0 radical (unpaired) electrons. The molecule has 19 heteroatoms. The van der Waals surface area contributed by atoms with Crippen LogP contribution in [0.5, 0.6) is 0 Å². The molecular weight excluding hydrogens is 913 g/mol. The van der Waals surface area contributed by atoms with Gasteiger partial charge in [-0.2, -0.15) is 0 Å². The molecule has 0 aromatic carbocycles. The van der Waals surface area contributed by atoms with Crippen molar-refractivity contribution in [3.63, 3.8) is 0 Å². The number of primary amides is 1. The van der Waals surface area contributed by atoms with Crippen molar-refractivity contribution in [2.75, 3.05) is 13.2 Å². The summed E-state index contributed by atoms with van der Waals surface area (Å²) in [5.74, 6) is -4.40. The highest BCUT2D eigenvalue weighted by atomic mass is 16.8. The number of amides is 1. The van der Waals surface area contributed by atoms with Crippen LogP contribution >= 0.6 is 0 Å². The van der Waals surface area contributed by atoms with Crippen molar-refractivity contribution in [2.24, 2.45) is 43.6 Å². The fourth-order valence-corrected chi connectivity index (χ4v) is 5.67. The summed E-state index contributed by atoms with van der Waals surface area (Å²) in [5, 5.41) is 0. The van der Waals surface area contributed by atoms with E-state index in [1.807, 2.05) is 0 Å². The molecule has 398 valence electrons. The number of esters is 7. The second-order valence-corrected chi connectivity index (χ2v) is 25.0. The number of hydrogen-bond donors (Lipinski definition) is 1. The second-order valence-electron chi connectivity index (χ2n) is 25.0. The molecule has 2 N–H and O–H groups in total. The molecule has 3 heterocycles. The summed E-state index contributed by atoms with van der Waals surface area (Å²) in [4.78, 5) is 102. The Morgan fingerprint density at radius 1 is 0.471 bits per heavy atom. The Morgan fingerprint density at radius 3 is 1.14 bits per heavy atom. The molecule has 1 amide bonds. The van der Waals surface area contributed by atoms with E-state index in [9.17, 15) is 38.4 Å². The lowest BCUT2D eigenvalue weighted by Gasteiger charge is -2.33. The quantitative estimate of drug-likeness (QED) is 0.169. The summed E-state index contributed by atoms with van der Waals surface area (Å²) in [5.41, 5.74) is -0.0609. The van der Waals surface area contributed by atoms with Crippen LogP contribution in [0.15, 0.2) is 24.0 Å². The molecule has 0 aromatic rings. The third-order valence-electron chi connectivity index (χ3n) is 10.3. The molecule has 1 unspecified atom stereocenters. The molecule has 2 fully saturated rings. The maximum Gasteiger partial charge on any atom is 0.313 e. The molecule has 0 bridgehead atoms. The molecule has 3 aliphatic rings. The van der Waals surface area contributed by atoms with Crippen molar-refractivity contribution in [1.82, 2.24) is 4.90 Å². The van der Waals surface area contributed by atoms with Crippen LogP contribution in [0.4, 0.5) is 0 Å². The maximum absolute atomic E-state index is 12.9. The molecule has 0 saturated carbocycles. The number of rotatable bonds is 11. The van der Waals surface area contributed by atoms with Gasteiger partial charge in [-0.3, -0.25) is 38.4 Å². The minimum absolute atomic E-state index is 0.234. The van der Waals surface area contributed by atoms with E-state index in [2.05, 4.69) is 0 Å². The standard InChI is InChI=1S/C26H40N2O8.C25H42O9/c1-24(2,3)21(30)33-14-16-17(35-22(31)25(4,5)6)18(36-23(32)26(7,8)9)20(34-16)28-12-10-11-15(13-28)19(27)29;1-22(2,3)18(26)30-13-14-15(32-19(27)23(4,5)6)16(33-20(28)24(7,8)9)17(31-14)34-21(29)25(10,11)12/h10,12-13,16-18,20H,11,14H2,1-9H3,(H2,27,29);14-17H,13H2,1-12H3/t16-,17-,18-,20-;14-,15-,16-,17?/m11/s1. The lowest BCUT2D eigenvalue weighted by molar-refractivity contribution is -0.208. The van der Waals surface area contributed by atoms with Gasteiger partial charge in [0, 0.05) is 18.0 Å². The van der Waals surface area contributed by atoms with Gasteiger partial charge < -0.3 is 53.3 Å². The summed E-state index contributed by atoms with van der Waals surface area (Å²) >= 11 is 0. The Morgan fingerprint density at radius 2 is 0.786 bits per heavy atom. The van der Waals surface area contributed by atoms with E-state index in [1.54, 1.807) is 163 Å². The number of carbonyl (C=O) groups excluding carboxylic acids is 8. The van der Waals surface area contributed by atoms with Crippen LogP contribution in [-0.4, -0.2) is 115 Å². The number of nitrogens with zero attached hydrogens (tertiary/aromatic N) is 1. The van der Waals surface area contributed by atoms with Crippen LogP contribution in [0.25, 0.3) is 0 Å². The van der Waals surface area contributed by atoms with Crippen LogP contribution in [-0.2, 0) is 81.0 Å². The fourth-order valence-electron chi connectivity index (χ4n) is 5.67. The highest BCUT2D eigenvalue weighted by molar-refractivity contribution is 5.92. The van der Waals surface area contributed by atoms with Crippen molar-refractivity contribution in [3.05, 3.63) is 24.0 Å². The van der Waals surface area contributed by atoms with Crippen molar-refractivity contribution in [3.8, 4) is 0 Å². The van der Waals surface area contributed by atoms with Gasteiger partial charge in [0.1, 0.15) is 25.4 Å². The molecule has 70 heavy (non-hydrogen) atoms. The lowest BCUT2D eigenvalue weighted by atomic mass is 9.96. The van der Waals surface area contributed by atoms with E-state index in [0.29, 0.717) is 12.0 Å². The zero-order valence-corrected chi connectivity index (χ0v) is 45.4. The van der Waals surface area contributed by atoms with E-state index in [0.717, 1.165) is 0 Å². The topological polar surface area (TPSA) is 249 Å². The number of ether oxygens (including phenoxy) is 9. The van der Waals surface area contributed by atoms with Crippen LogP contribution in [0.3, 0.4) is 0 Å². The first kappa shape index (κ1) is 61.1. The molecule has 3 aliphatic heterocycles. The normalized spacial score (nSPS) is 24.2. The molecule has 0 spiro atoms. The zero-order valence-electron chi connectivity index (χ0n) is 45.4. The summed E-state index contributed by atoms with van der Waals surface area (Å²) < 4.78 is 51.5. The van der Waals surface area contributed by atoms with E-state index >= 15 is 0 Å². The molecule has 3 rings (SSSR count). The van der Waals surface area contributed by atoms with Crippen molar-refractivity contribution >= 4 is 47.7 Å². The van der Waals surface area contributed by atoms with E-state index in [-0.39, 0.29) is 13.2 Å². The largest absolute Gasteiger partial charge is 0.462 e. The second kappa shape index (κ2) is 22.6.